The molecule has 2 atom stereocenters. The van der Waals surface area contributed by atoms with E-state index in [1.54, 1.807) is 5.32 Å². The van der Waals surface area contributed by atoms with E-state index in [9.17, 15) is 27.6 Å². The second-order valence-corrected chi connectivity index (χ2v) is 3.30. The molecule has 0 aromatic rings. The third kappa shape index (κ3) is 2.64. The van der Waals surface area contributed by atoms with Crippen LogP contribution in [0.1, 0.15) is 6.92 Å². The lowest BCUT2D eigenvalue weighted by molar-refractivity contribution is -0.231. The summed E-state index contributed by atoms with van der Waals surface area (Å²) in [6, 6.07) is -3.74. The molecular weight excluding hydrogens is 247 g/mol. The molecule has 96 valence electrons. The van der Waals surface area contributed by atoms with Crippen LogP contribution in [0.25, 0.3) is 0 Å². The molecule has 3 amide bonds. The predicted octanol–water partition coefficient (Wildman–Crippen LogP) is -0.726. The Hall–Kier alpha value is -1.84. The molecule has 17 heavy (non-hydrogen) atoms. The highest BCUT2D eigenvalue weighted by atomic mass is 19.4. The lowest BCUT2D eigenvalue weighted by Crippen LogP contribution is -2.48. The average Bonchev–Trinajstić information content (AvgIpc) is 2.39. The van der Waals surface area contributed by atoms with Gasteiger partial charge < -0.3 is 10.6 Å². The van der Waals surface area contributed by atoms with Gasteiger partial charge in [-0.2, -0.15) is 13.2 Å². The molecular formula is C7H8F3N3O4. The van der Waals surface area contributed by atoms with Crippen LogP contribution in [0.2, 0.25) is 0 Å². The topological polar surface area (TPSA) is 102 Å². The zero-order valence-corrected chi connectivity index (χ0v) is 8.45. The average molecular weight is 255 g/mol. The molecule has 0 aromatic carbocycles. The molecule has 1 rings (SSSR count). The number of nitrogens with two attached hydrogens (primary N) is 1. The van der Waals surface area contributed by atoms with Gasteiger partial charge in [0.2, 0.25) is 0 Å². The smallest absolute Gasteiger partial charge is 0.327 e. The van der Waals surface area contributed by atoms with Crippen LogP contribution in [0.3, 0.4) is 0 Å². The second kappa shape index (κ2) is 4.20. The molecule has 0 aliphatic carbocycles. The first-order valence-corrected chi connectivity index (χ1v) is 4.33. The zero-order valence-electron chi connectivity index (χ0n) is 8.45. The Labute approximate surface area is 92.6 Å². The van der Waals surface area contributed by atoms with Gasteiger partial charge in [0.05, 0.1) is 0 Å². The summed E-state index contributed by atoms with van der Waals surface area (Å²) in [4.78, 5) is 36.5. The SMILES string of the molecule is CC(N)[C@@H]1C(=O)NC(=O)N1OC(=O)C(F)(F)F. The van der Waals surface area contributed by atoms with Gasteiger partial charge in [-0.25, -0.2) is 9.59 Å². The lowest BCUT2D eigenvalue weighted by atomic mass is 10.1. The minimum Gasteiger partial charge on any atom is -0.327 e. The Balaban J connectivity index is 2.85. The van der Waals surface area contributed by atoms with Crippen LogP contribution in [0.15, 0.2) is 0 Å². The molecule has 10 heteroatoms. The third-order valence-electron chi connectivity index (χ3n) is 1.86. The Bertz CT molecular complexity index is 368. The van der Waals surface area contributed by atoms with Crippen LogP contribution >= 0.6 is 0 Å². The highest BCUT2D eigenvalue weighted by Gasteiger charge is 2.49. The maximum Gasteiger partial charge on any atom is 0.493 e. The van der Waals surface area contributed by atoms with Gasteiger partial charge in [-0.05, 0) is 6.92 Å². The molecule has 1 unspecified atom stereocenters. The number of carbonyl (C=O) groups is 3. The van der Waals surface area contributed by atoms with Crippen molar-refractivity contribution in [2.45, 2.75) is 25.2 Å². The number of hydroxylamine groups is 2. The molecule has 1 saturated heterocycles. The monoisotopic (exact) mass is 255 g/mol. The van der Waals surface area contributed by atoms with Crippen molar-refractivity contribution in [2.75, 3.05) is 0 Å². The molecule has 1 fully saturated rings. The van der Waals surface area contributed by atoms with E-state index in [1.165, 1.54) is 6.92 Å². The fraction of sp³-hybridized carbons (Fsp3) is 0.571. The van der Waals surface area contributed by atoms with E-state index in [0.717, 1.165) is 0 Å². The number of urea groups is 1. The number of imide groups is 1. The third-order valence-corrected chi connectivity index (χ3v) is 1.86. The van der Waals surface area contributed by atoms with Crippen LogP contribution in [-0.4, -0.2) is 41.2 Å². The lowest BCUT2D eigenvalue weighted by Gasteiger charge is -2.22. The molecule has 1 aliphatic heterocycles. The second-order valence-electron chi connectivity index (χ2n) is 3.30. The van der Waals surface area contributed by atoms with Crippen molar-refractivity contribution in [2.24, 2.45) is 5.73 Å². The van der Waals surface area contributed by atoms with E-state index in [2.05, 4.69) is 4.84 Å². The van der Waals surface area contributed by atoms with Gasteiger partial charge in [-0.15, -0.1) is 5.06 Å². The van der Waals surface area contributed by atoms with E-state index in [1.807, 2.05) is 0 Å². The summed E-state index contributed by atoms with van der Waals surface area (Å²) in [6.07, 6.45) is -5.27. The summed E-state index contributed by atoms with van der Waals surface area (Å²) in [5, 5.41) is 1.67. The number of hydrogen-bond acceptors (Lipinski definition) is 5. The van der Waals surface area contributed by atoms with E-state index in [4.69, 9.17) is 5.73 Å². The molecule has 3 N–H and O–H groups in total. The molecule has 1 heterocycles. The highest BCUT2D eigenvalue weighted by Crippen LogP contribution is 2.20. The Morgan fingerprint density at radius 3 is 2.47 bits per heavy atom. The number of halogens is 3. The summed E-state index contributed by atoms with van der Waals surface area (Å²) in [5.74, 6) is -3.53. The Kier molecular flexibility index (Phi) is 3.27. The normalized spacial score (nSPS) is 22.4. The van der Waals surface area contributed by atoms with Gasteiger partial charge in [-0.3, -0.25) is 10.1 Å². The molecule has 0 bridgehead atoms. The Morgan fingerprint density at radius 1 is 1.53 bits per heavy atom. The number of amides is 3. The standard InChI is InChI=1S/C7H8F3N3O4/c1-2(11)3-4(14)12-6(16)13(3)17-5(15)7(8,9)10/h2-3H,11H2,1H3,(H,12,14,16)/t2?,3-/m1/s1. The number of nitrogens with one attached hydrogen (secondary N) is 1. The molecule has 0 radical (unpaired) electrons. The molecule has 0 saturated carbocycles. The first-order valence-electron chi connectivity index (χ1n) is 4.33. The van der Waals surface area contributed by atoms with Crippen molar-refractivity contribution in [3.8, 4) is 0 Å². The largest absolute Gasteiger partial charge is 0.493 e. The number of alkyl halides is 3. The minimum absolute atomic E-state index is 0.0111. The summed E-state index contributed by atoms with van der Waals surface area (Å²) < 4.78 is 35.7. The van der Waals surface area contributed by atoms with Gasteiger partial charge >= 0.3 is 18.2 Å². The summed E-state index contributed by atoms with van der Waals surface area (Å²) in [6.45, 7) is 1.28. The number of nitrogens with zero attached hydrogens (tertiary/aromatic N) is 1. The number of rotatable bonds is 2. The van der Waals surface area contributed by atoms with Crippen molar-refractivity contribution in [1.82, 2.24) is 10.4 Å². The molecule has 0 aromatic heterocycles. The first-order chi connectivity index (χ1) is 7.64. The van der Waals surface area contributed by atoms with Gasteiger partial charge in [0.1, 0.15) is 0 Å². The van der Waals surface area contributed by atoms with Crippen LogP contribution in [0.5, 0.6) is 0 Å². The van der Waals surface area contributed by atoms with E-state index >= 15 is 0 Å². The zero-order chi connectivity index (χ0) is 13.4. The van der Waals surface area contributed by atoms with Crippen LogP contribution in [0.4, 0.5) is 18.0 Å². The Morgan fingerprint density at radius 2 is 2.06 bits per heavy atom. The van der Waals surface area contributed by atoms with Crippen LogP contribution in [-0.2, 0) is 14.4 Å². The molecule has 1 aliphatic rings. The van der Waals surface area contributed by atoms with Gasteiger partial charge in [-0.1, -0.05) is 0 Å². The fourth-order valence-electron chi connectivity index (χ4n) is 1.16. The maximum atomic E-state index is 11.9. The minimum atomic E-state index is -5.27. The molecule has 0 spiro atoms. The van der Waals surface area contributed by atoms with E-state index in [0.29, 0.717) is 0 Å². The summed E-state index contributed by atoms with van der Waals surface area (Å²) >= 11 is 0. The predicted molar refractivity (Wildman–Crippen MR) is 45.0 cm³/mol. The summed E-state index contributed by atoms with van der Waals surface area (Å²) in [7, 11) is 0. The van der Waals surface area contributed by atoms with Crippen molar-refractivity contribution in [3.63, 3.8) is 0 Å². The molecule has 7 nitrogen and oxygen atoms in total. The van der Waals surface area contributed by atoms with Crippen LogP contribution < -0.4 is 11.1 Å². The van der Waals surface area contributed by atoms with Gasteiger partial charge in [0, 0.05) is 6.04 Å². The van der Waals surface area contributed by atoms with E-state index < -0.39 is 36.2 Å². The van der Waals surface area contributed by atoms with E-state index in [-0.39, 0.29) is 5.06 Å². The highest BCUT2D eigenvalue weighted by molar-refractivity contribution is 6.04. The maximum absolute atomic E-state index is 11.9. The van der Waals surface area contributed by atoms with Gasteiger partial charge in [0.15, 0.2) is 6.04 Å². The van der Waals surface area contributed by atoms with Crippen molar-refractivity contribution >= 4 is 17.9 Å². The number of hydrogen-bond donors (Lipinski definition) is 2. The van der Waals surface area contributed by atoms with Crippen molar-refractivity contribution in [3.05, 3.63) is 0 Å². The summed E-state index contributed by atoms with van der Waals surface area (Å²) in [5.41, 5.74) is 5.30. The quantitative estimate of drug-likeness (QED) is 0.634. The first kappa shape index (κ1) is 13.2. The van der Waals surface area contributed by atoms with Crippen molar-refractivity contribution in [1.29, 1.82) is 0 Å². The number of carbonyl (C=O) groups excluding carboxylic acids is 3. The van der Waals surface area contributed by atoms with Gasteiger partial charge in [0.25, 0.3) is 5.91 Å². The van der Waals surface area contributed by atoms with Crippen LogP contribution in [0, 0.1) is 0 Å². The fourth-order valence-corrected chi connectivity index (χ4v) is 1.16. The van der Waals surface area contributed by atoms with Crippen molar-refractivity contribution < 1.29 is 32.4 Å².